The van der Waals surface area contributed by atoms with Gasteiger partial charge in [0, 0.05) is 19.6 Å². The third-order valence-corrected chi connectivity index (χ3v) is 3.44. The molecule has 0 amide bonds. The van der Waals surface area contributed by atoms with E-state index in [0.717, 1.165) is 30.9 Å². The van der Waals surface area contributed by atoms with Gasteiger partial charge < -0.3 is 20.1 Å². The molecular formula is C15H21N3O2. The van der Waals surface area contributed by atoms with Crippen LogP contribution in [0.25, 0.3) is 0 Å². The van der Waals surface area contributed by atoms with Crippen LogP contribution in [-0.4, -0.2) is 44.1 Å². The van der Waals surface area contributed by atoms with E-state index in [1.807, 2.05) is 18.2 Å². The fourth-order valence-electron chi connectivity index (χ4n) is 2.38. The van der Waals surface area contributed by atoms with E-state index in [1.165, 1.54) is 0 Å². The van der Waals surface area contributed by atoms with Crippen molar-refractivity contribution in [1.29, 1.82) is 5.26 Å². The van der Waals surface area contributed by atoms with E-state index in [-0.39, 0.29) is 12.7 Å². The quantitative estimate of drug-likeness (QED) is 0.834. The highest BCUT2D eigenvalue weighted by Crippen LogP contribution is 2.23. The highest BCUT2D eigenvalue weighted by molar-refractivity contribution is 5.60. The minimum Gasteiger partial charge on any atom is -0.394 e. The molecule has 1 aromatic rings. The molecule has 1 saturated heterocycles. The minimum absolute atomic E-state index is 0.0108. The molecule has 1 aliphatic heterocycles. The van der Waals surface area contributed by atoms with Crippen molar-refractivity contribution in [2.75, 3.05) is 37.7 Å². The first-order valence-corrected chi connectivity index (χ1v) is 6.99. The second kappa shape index (κ2) is 7.25. The maximum Gasteiger partial charge on any atom is 0.101 e. The molecule has 1 aliphatic rings. The molecule has 0 aliphatic carbocycles. The fourth-order valence-corrected chi connectivity index (χ4v) is 2.38. The molecule has 2 rings (SSSR count). The monoisotopic (exact) mass is 275 g/mol. The van der Waals surface area contributed by atoms with Crippen LogP contribution in [0.2, 0.25) is 0 Å². The third-order valence-electron chi connectivity index (χ3n) is 3.44. The largest absolute Gasteiger partial charge is 0.394 e. The maximum absolute atomic E-state index is 9.34. The first kappa shape index (κ1) is 14.8. The molecule has 0 aromatic heterocycles. The van der Waals surface area contributed by atoms with Crippen LogP contribution < -0.4 is 10.2 Å². The van der Waals surface area contributed by atoms with E-state index in [1.54, 1.807) is 0 Å². The van der Waals surface area contributed by atoms with Crippen LogP contribution in [-0.2, 0) is 11.3 Å². The van der Waals surface area contributed by atoms with Crippen molar-refractivity contribution >= 4 is 5.69 Å². The summed E-state index contributed by atoms with van der Waals surface area (Å²) in [6.07, 6.45) is -0.170. The van der Waals surface area contributed by atoms with Crippen molar-refractivity contribution in [3.05, 3.63) is 29.3 Å². The van der Waals surface area contributed by atoms with Gasteiger partial charge >= 0.3 is 0 Å². The zero-order valence-corrected chi connectivity index (χ0v) is 11.8. The normalized spacial score (nSPS) is 18.9. The van der Waals surface area contributed by atoms with Gasteiger partial charge in [0.2, 0.25) is 0 Å². The molecule has 0 saturated carbocycles. The average molecular weight is 275 g/mol. The van der Waals surface area contributed by atoms with Gasteiger partial charge in [-0.05, 0) is 24.2 Å². The van der Waals surface area contributed by atoms with Gasteiger partial charge in [-0.15, -0.1) is 0 Å². The second-order valence-electron chi connectivity index (χ2n) is 4.87. The Balaban J connectivity index is 2.16. The molecule has 2 N–H and O–H groups in total. The van der Waals surface area contributed by atoms with Gasteiger partial charge in [-0.1, -0.05) is 13.0 Å². The molecular weight excluding hydrogens is 254 g/mol. The molecule has 1 fully saturated rings. The third kappa shape index (κ3) is 3.48. The van der Waals surface area contributed by atoms with E-state index in [9.17, 15) is 10.4 Å². The zero-order valence-electron chi connectivity index (χ0n) is 11.8. The topological polar surface area (TPSA) is 68.5 Å². The number of nitriles is 1. The van der Waals surface area contributed by atoms with Crippen molar-refractivity contribution in [2.45, 2.75) is 19.6 Å². The smallest absolute Gasteiger partial charge is 0.101 e. The zero-order chi connectivity index (χ0) is 14.4. The predicted molar refractivity (Wildman–Crippen MR) is 77.6 cm³/mol. The average Bonchev–Trinajstić information content (AvgIpc) is 2.52. The second-order valence-corrected chi connectivity index (χ2v) is 4.87. The molecule has 0 spiro atoms. The molecule has 108 valence electrons. The van der Waals surface area contributed by atoms with Crippen molar-refractivity contribution in [3.63, 3.8) is 0 Å². The van der Waals surface area contributed by atoms with E-state index >= 15 is 0 Å². The number of aliphatic hydroxyl groups excluding tert-OH is 1. The molecule has 5 nitrogen and oxygen atoms in total. The van der Waals surface area contributed by atoms with Gasteiger partial charge in [-0.3, -0.25) is 0 Å². The van der Waals surface area contributed by atoms with Crippen molar-refractivity contribution in [2.24, 2.45) is 0 Å². The summed E-state index contributed by atoms with van der Waals surface area (Å²) in [5.74, 6) is 0. The van der Waals surface area contributed by atoms with Gasteiger partial charge in [0.25, 0.3) is 0 Å². The summed E-state index contributed by atoms with van der Waals surface area (Å²) in [4.78, 5) is 2.11. The molecule has 0 radical (unpaired) electrons. The number of benzene rings is 1. The Morgan fingerprint density at radius 2 is 2.40 bits per heavy atom. The van der Waals surface area contributed by atoms with E-state index in [0.29, 0.717) is 18.7 Å². The number of aliphatic hydroxyl groups is 1. The Kier molecular flexibility index (Phi) is 5.36. The number of ether oxygens (including phenoxy) is 1. The predicted octanol–water partition coefficient (Wildman–Crippen LogP) is 0.865. The number of anilines is 1. The van der Waals surface area contributed by atoms with Crippen LogP contribution in [0.4, 0.5) is 5.69 Å². The van der Waals surface area contributed by atoms with E-state index in [4.69, 9.17) is 4.74 Å². The summed E-state index contributed by atoms with van der Waals surface area (Å²) in [5.41, 5.74) is 2.72. The number of nitrogens with zero attached hydrogens (tertiary/aromatic N) is 2. The summed E-state index contributed by atoms with van der Waals surface area (Å²) in [7, 11) is 0. The highest BCUT2D eigenvalue weighted by Gasteiger charge is 2.21. The van der Waals surface area contributed by atoms with Crippen molar-refractivity contribution < 1.29 is 9.84 Å². The summed E-state index contributed by atoms with van der Waals surface area (Å²) in [6, 6.07) is 8.24. The number of nitrogens with one attached hydrogen (secondary N) is 1. The Hall–Kier alpha value is -1.61. The minimum atomic E-state index is -0.170. The van der Waals surface area contributed by atoms with Gasteiger partial charge in [-0.2, -0.15) is 5.26 Å². The number of hydrogen-bond donors (Lipinski definition) is 2. The van der Waals surface area contributed by atoms with Crippen LogP contribution in [0.1, 0.15) is 18.1 Å². The molecule has 5 heteroatoms. The Morgan fingerprint density at radius 3 is 3.10 bits per heavy atom. The van der Waals surface area contributed by atoms with E-state index < -0.39 is 0 Å². The van der Waals surface area contributed by atoms with Crippen LogP contribution in [0, 0.1) is 11.3 Å². The molecule has 1 heterocycles. The maximum atomic E-state index is 9.34. The number of rotatable bonds is 5. The van der Waals surface area contributed by atoms with Gasteiger partial charge in [0.1, 0.15) is 6.07 Å². The number of hydrogen-bond acceptors (Lipinski definition) is 5. The van der Waals surface area contributed by atoms with Crippen LogP contribution in [0.5, 0.6) is 0 Å². The molecule has 0 bridgehead atoms. The first-order chi connectivity index (χ1) is 9.78. The van der Waals surface area contributed by atoms with Crippen LogP contribution in [0.15, 0.2) is 18.2 Å². The standard InChI is InChI=1S/C15H21N3O2/c1-2-17-9-12-3-4-15(13(7-12)8-16)18-5-6-20-14(10-18)11-19/h3-4,7,14,17,19H,2,5-6,9-11H2,1H3. The lowest BCUT2D eigenvalue weighted by atomic mass is 10.1. The summed E-state index contributed by atoms with van der Waals surface area (Å²) in [5, 5.41) is 21.8. The number of morpholine rings is 1. The lowest BCUT2D eigenvalue weighted by Gasteiger charge is -2.34. The lowest BCUT2D eigenvalue weighted by molar-refractivity contribution is 0.00355. The fraction of sp³-hybridized carbons (Fsp3) is 0.533. The van der Waals surface area contributed by atoms with Crippen molar-refractivity contribution in [3.8, 4) is 6.07 Å². The van der Waals surface area contributed by atoms with Gasteiger partial charge in [-0.25, -0.2) is 0 Å². The molecule has 20 heavy (non-hydrogen) atoms. The van der Waals surface area contributed by atoms with E-state index in [2.05, 4.69) is 23.2 Å². The van der Waals surface area contributed by atoms with Crippen molar-refractivity contribution in [1.82, 2.24) is 5.32 Å². The molecule has 1 aromatic carbocycles. The highest BCUT2D eigenvalue weighted by atomic mass is 16.5. The van der Waals surface area contributed by atoms with Gasteiger partial charge in [0.15, 0.2) is 0 Å². The Bertz CT molecular complexity index is 484. The van der Waals surface area contributed by atoms with Crippen LogP contribution in [0.3, 0.4) is 0 Å². The Morgan fingerprint density at radius 1 is 1.55 bits per heavy atom. The van der Waals surface area contributed by atoms with Gasteiger partial charge in [0.05, 0.1) is 30.6 Å². The molecule has 1 atom stereocenters. The lowest BCUT2D eigenvalue weighted by Crippen LogP contribution is -2.44. The van der Waals surface area contributed by atoms with Crippen LogP contribution >= 0.6 is 0 Å². The summed E-state index contributed by atoms with van der Waals surface area (Å²) in [6.45, 7) is 5.70. The first-order valence-electron chi connectivity index (χ1n) is 6.99. The summed E-state index contributed by atoms with van der Waals surface area (Å²) >= 11 is 0. The summed E-state index contributed by atoms with van der Waals surface area (Å²) < 4.78 is 5.44. The molecule has 1 unspecified atom stereocenters. The Labute approximate surface area is 119 Å². The SMILES string of the molecule is CCNCc1ccc(N2CCOC(CO)C2)c(C#N)c1.